The summed E-state index contributed by atoms with van der Waals surface area (Å²) < 4.78 is 4.67. The van der Waals surface area contributed by atoms with Gasteiger partial charge in [-0.25, -0.2) is 9.78 Å². The van der Waals surface area contributed by atoms with Crippen LogP contribution in [0, 0.1) is 12.8 Å². The van der Waals surface area contributed by atoms with E-state index in [4.69, 9.17) is 0 Å². The Kier molecular flexibility index (Phi) is 3.99. The summed E-state index contributed by atoms with van der Waals surface area (Å²) in [5.41, 5.74) is 0.433. The summed E-state index contributed by atoms with van der Waals surface area (Å²) in [5, 5.41) is 4.09. The van der Waals surface area contributed by atoms with E-state index in [0.29, 0.717) is 5.69 Å². The van der Waals surface area contributed by atoms with Crippen LogP contribution in [0.1, 0.15) is 41.0 Å². The molecule has 1 aromatic rings. The van der Waals surface area contributed by atoms with Gasteiger partial charge in [0.05, 0.1) is 7.11 Å². The molecule has 94 valence electrons. The number of carbonyl (C=O) groups is 1. The first-order valence-electron chi connectivity index (χ1n) is 6.00. The summed E-state index contributed by atoms with van der Waals surface area (Å²) in [6.07, 6.45) is 5.30. The fourth-order valence-corrected chi connectivity index (χ4v) is 2.58. The number of methoxy groups -OCH3 is 1. The number of nitrogens with one attached hydrogen (secondary N) is 1. The Balaban J connectivity index is 1.81. The van der Waals surface area contributed by atoms with Crippen LogP contribution in [0.3, 0.4) is 0 Å². The van der Waals surface area contributed by atoms with Crippen molar-refractivity contribution in [3.63, 3.8) is 0 Å². The third-order valence-corrected chi connectivity index (χ3v) is 3.87. The minimum Gasteiger partial charge on any atom is -0.464 e. The van der Waals surface area contributed by atoms with E-state index in [1.54, 1.807) is 0 Å². The molecular formula is C12H18N2O2S. The SMILES string of the molecule is COC(=O)c1nc(NCCCC2CC2)sc1C. The molecule has 4 nitrogen and oxygen atoms in total. The Morgan fingerprint density at radius 3 is 3.00 bits per heavy atom. The van der Waals surface area contributed by atoms with Crippen LogP contribution in [0.15, 0.2) is 0 Å². The number of carbonyl (C=O) groups excluding carboxylic acids is 1. The van der Waals surface area contributed by atoms with Gasteiger partial charge in [0.1, 0.15) is 0 Å². The molecule has 1 aromatic heterocycles. The van der Waals surface area contributed by atoms with Gasteiger partial charge < -0.3 is 10.1 Å². The molecule has 1 heterocycles. The molecule has 1 N–H and O–H groups in total. The van der Waals surface area contributed by atoms with Gasteiger partial charge in [-0.1, -0.05) is 12.8 Å². The van der Waals surface area contributed by atoms with Crippen molar-refractivity contribution in [1.82, 2.24) is 4.98 Å². The molecular weight excluding hydrogens is 236 g/mol. The maximum Gasteiger partial charge on any atom is 0.357 e. The monoisotopic (exact) mass is 254 g/mol. The number of thiazole rings is 1. The smallest absolute Gasteiger partial charge is 0.357 e. The number of ether oxygens (including phenoxy) is 1. The van der Waals surface area contributed by atoms with Crippen molar-refractivity contribution in [2.75, 3.05) is 19.0 Å². The van der Waals surface area contributed by atoms with E-state index in [1.807, 2.05) is 6.92 Å². The van der Waals surface area contributed by atoms with Gasteiger partial charge in [0, 0.05) is 11.4 Å². The summed E-state index contributed by atoms with van der Waals surface area (Å²) in [4.78, 5) is 16.5. The highest BCUT2D eigenvalue weighted by atomic mass is 32.1. The summed E-state index contributed by atoms with van der Waals surface area (Å²) in [7, 11) is 1.38. The zero-order valence-corrected chi connectivity index (χ0v) is 11.1. The molecule has 2 rings (SSSR count). The molecule has 0 aromatic carbocycles. The summed E-state index contributed by atoms with van der Waals surface area (Å²) >= 11 is 1.51. The number of rotatable bonds is 6. The molecule has 0 spiro atoms. The predicted octanol–water partition coefficient (Wildman–Crippen LogP) is 2.84. The van der Waals surface area contributed by atoms with Gasteiger partial charge in [-0.3, -0.25) is 0 Å². The molecule has 1 saturated carbocycles. The van der Waals surface area contributed by atoms with E-state index in [1.165, 1.54) is 44.1 Å². The second-order valence-electron chi connectivity index (χ2n) is 4.43. The topological polar surface area (TPSA) is 51.2 Å². The second-order valence-corrected chi connectivity index (χ2v) is 5.63. The molecule has 1 aliphatic carbocycles. The molecule has 0 amide bonds. The number of nitrogens with zero attached hydrogens (tertiary/aromatic N) is 1. The summed E-state index contributed by atoms with van der Waals surface area (Å²) in [5.74, 6) is 0.616. The third-order valence-electron chi connectivity index (χ3n) is 2.94. The van der Waals surface area contributed by atoms with Crippen LogP contribution in [0.5, 0.6) is 0 Å². The van der Waals surface area contributed by atoms with Crippen LogP contribution >= 0.6 is 11.3 Å². The van der Waals surface area contributed by atoms with Gasteiger partial charge in [-0.15, -0.1) is 11.3 Å². The minimum atomic E-state index is -0.357. The van der Waals surface area contributed by atoms with Crippen molar-refractivity contribution in [1.29, 1.82) is 0 Å². The zero-order chi connectivity index (χ0) is 12.3. The third kappa shape index (κ3) is 3.43. The Bertz CT molecular complexity index is 399. The van der Waals surface area contributed by atoms with E-state index in [2.05, 4.69) is 15.0 Å². The van der Waals surface area contributed by atoms with Crippen molar-refractivity contribution in [3.05, 3.63) is 10.6 Å². The van der Waals surface area contributed by atoms with Crippen molar-refractivity contribution in [2.45, 2.75) is 32.6 Å². The molecule has 0 atom stereocenters. The lowest BCUT2D eigenvalue weighted by atomic mass is 10.2. The van der Waals surface area contributed by atoms with Crippen molar-refractivity contribution < 1.29 is 9.53 Å². The highest BCUT2D eigenvalue weighted by molar-refractivity contribution is 7.15. The number of anilines is 1. The number of aryl methyl sites for hydroxylation is 1. The normalized spacial score (nSPS) is 14.7. The van der Waals surface area contributed by atoms with E-state index in [-0.39, 0.29) is 5.97 Å². The van der Waals surface area contributed by atoms with Crippen molar-refractivity contribution in [3.8, 4) is 0 Å². The highest BCUT2D eigenvalue weighted by Crippen LogP contribution is 2.33. The Labute approximate surface area is 105 Å². The van der Waals surface area contributed by atoms with Crippen LogP contribution in [-0.4, -0.2) is 24.6 Å². The van der Waals surface area contributed by atoms with E-state index in [9.17, 15) is 4.79 Å². The van der Waals surface area contributed by atoms with Gasteiger partial charge in [0.15, 0.2) is 10.8 Å². The maximum absolute atomic E-state index is 11.4. The van der Waals surface area contributed by atoms with Crippen LogP contribution in [0.4, 0.5) is 5.13 Å². The second kappa shape index (κ2) is 5.49. The van der Waals surface area contributed by atoms with Gasteiger partial charge in [0.2, 0.25) is 0 Å². The lowest BCUT2D eigenvalue weighted by Gasteiger charge is -2.00. The largest absolute Gasteiger partial charge is 0.464 e. The number of hydrogen-bond donors (Lipinski definition) is 1. The first-order valence-corrected chi connectivity index (χ1v) is 6.82. The molecule has 0 unspecified atom stereocenters. The predicted molar refractivity (Wildman–Crippen MR) is 68.6 cm³/mol. The Morgan fingerprint density at radius 2 is 2.35 bits per heavy atom. The summed E-state index contributed by atoms with van der Waals surface area (Å²) in [6, 6.07) is 0. The molecule has 1 fully saturated rings. The molecule has 0 saturated heterocycles. The molecule has 1 aliphatic rings. The van der Waals surface area contributed by atoms with Crippen LogP contribution in [-0.2, 0) is 4.74 Å². The Hall–Kier alpha value is -1.10. The zero-order valence-electron chi connectivity index (χ0n) is 10.3. The molecule has 0 bridgehead atoms. The van der Waals surface area contributed by atoms with E-state index < -0.39 is 0 Å². The lowest BCUT2D eigenvalue weighted by molar-refractivity contribution is 0.0594. The van der Waals surface area contributed by atoms with Crippen LogP contribution < -0.4 is 5.32 Å². The quantitative estimate of drug-likeness (QED) is 0.626. The van der Waals surface area contributed by atoms with E-state index >= 15 is 0 Å². The molecule has 17 heavy (non-hydrogen) atoms. The fourth-order valence-electron chi connectivity index (χ4n) is 1.75. The standard InChI is InChI=1S/C12H18N2O2S/c1-8-10(11(15)16-2)14-12(17-8)13-7-3-4-9-5-6-9/h9H,3-7H2,1-2H3,(H,13,14). The van der Waals surface area contributed by atoms with Gasteiger partial charge in [0.25, 0.3) is 0 Å². The summed E-state index contributed by atoms with van der Waals surface area (Å²) in [6.45, 7) is 2.82. The number of esters is 1. The minimum absolute atomic E-state index is 0.357. The lowest BCUT2D eigenvalue weighted by Crippen LogP contribution is -2.05. The Morgan fingerprint density at radius 1 is 1.59 bits per heavy atom. The average Bonchev–Trinajstić information content (AvgIpc) is 3.07. The van der Waals surface area contributed by atoms with Gasteiger partial charge in [-0.05, 0) is 25.7 Å². The fraction of sp³-hybridized carbons (Fsp3) is 0.667. The average molecular weight is 254 g/mol. The maximum atomic E-state index is 11.4. The van der Waals surface area contributed by atoms with Crippen LogP contribution in [0.2, 0.25) is 0 Å². The van der Waals surface area contributed by atoms with Crippen LogP contribution in [0.25, 0.3) is 0 Å². The molecule has 5 heteroatoms. The van der Waals surface area contributed by atoms with Crippen molar-refractivity contribution in [2.24, 2.45) is 5.92 Å². The van der Waals surface area contributed by atoms with Gasteiger partial charge >= 0.3 is 5.97 Å². The highest BCUT2D eigenvalue weighted by Gasteiger charge is 2.20. The number of aromatic nitrogens is 1. The number of hydrogen-bond acceptors (Lipinski definition) is 5. The van der Waals surface area contributed by atoms with Gasteiger partial charge in [-0.2, -0.15) is 0 Å². The molecule has 0 aliphatic heterocycles. The molecule has 0 radical (unpaired) electrons. The van der Waals surface area contributed by atoms with E-state index in [0.717, 1.165) is 22.5 Å². The first-order chi connectivity index (χ1) is 8.20. The first kappa shape index (κ1) is 12.4. The van der Waals surface area contributed by atoms with Crippen molar-refractivity contribution >= 4 is 22.4 Å².